The summed E-state index contributed by atoms with van der Waals surface area (Å²) in [5.41, 5.74) is 2.84. The molecule has 31 heavy (non-hydrogen) atoms. The van der Waals surface area contributed by atoms with E-state index in [0.29, 0.717) is 24.5 Å². The lowest BCUT2D eigenvalue weighted by Crippen LogP contribution is -2.36. The van der Waals surface area contributed by atoms with Crippen LogP contribution >= 0.6 is 0 Å². The molecule has 0 atom stereocenters. The van der Waals surface area contributed by atoms with Gasteiger partial charge in [-0.15, -0.1) is 0 Å². The average molecular weight is 418 g/mol. The molecule has 3 aromatic carbocycles. The predicted octanol–water partition coefficient (Wildman–Crippen LogP) is 4.52. The summed E-state index contributed by atoms with van der Waals surface area (Å²) >= 11 is 0. The molecule has 1 N–H and O–H groups in total. The minimum Gasteiger partial charge on any atom is -0.484 e. The van der Waals surface area contributed by atoms with Crippen molar-refractivity contribution in [3.05, 3.63) is 96.1 Å². The second kappa shape index (κ2) is 11.4. The third-order valence-corrected chi connectivity index (χ3v) is 4.73. The largest absolute Gasteiger partial charge is 0.484 e. The van der Waals surface area contributed by atoms with Crippen LogP contribution in [0.25, 0.3) is 0 Å². The van der Waals surface area contributed by atoms with E-state index in [1.165, 1.54) is 12.7 Å². The fraction of sp³-hybridized carbons (Fsp3) is 0.200. The first-order valence-electron chi connectivity index (χ1n) is 10.1. The molecule has 0 heterocycles. The van der Waals surface area contributed by atoms with Crippen molar-refractivity contribution >= 4 is 17.7 Å². The second-order valence-electron chi connectivity index (χ2n) is 6.97. The number of carbonyl (C=O) groups is 2. The number of nitrogens with one attached hydrogen (secondary N) is 1. The molecular weight excluding hydrogens is 392 g/mol. The maximum Gasteiger partial charge on any atom is 0.411 e. The summed E-state index contributed by atoms with van der Waals surface area (Å²) in [5.74, 6) is 0.461. The van der Waals surface area contributed by atoms with Crippen LogP contribution in [-0.4, -0.2) is 37.2 Å². The first-order valence-corrected chi connectivity index (χ1v) is 10.1. The number of methoxy groups -OCH3 is 1. The molecule has 6 heteroatoms. The number of hydrogen-bond acceptors (Lipinski definition) is 4. The summed E-state index contributed by atoms with van der Waals surface area (Å²) < 4.78 is 10.3. The lowest BCUT2D eigenvalue weighted by atomic mass is 10.1. The number of benzene rings is 3. The van der Waals surface area contributed by atoms with Gasteiger partial charge in [0.15, 0.2) is 6.61 Å². The van der Waals surface area contributed by atoms with Gasteiger partial charge in [0.2, 0.25) is 0 Å². The summed E-state index contributed by atoms with van der Waals surface area (Å²) in [5, 5.41) is 2.57. The zero-order valence-electron chi connectivity index (χ0n) is 17.5. The zero-order valence-corrected chi connectivity index (χ0v) is 17.5. The highest BCUT2D eigenvalue weighted by Crippen LogP contribution is 2.16. The third kappa shape index (κ3) is 7.19. The topological polar surface area (TPSA) is 67.9 Å². The lowest BCUT2D eigenvalue weighted by molar-refractivity contribution is -0.134. The molecule has 3 rings (SSSR count). The summed E-state index contributed by atoms with van der Waals surface area (Å²) in [6.45, 7) is 1.06. The van der Waals surface area contributed by atoms with E-state index >= 15 is 0 Å². The third-order valence-electron chi connectivity index (χ3n) is 4.73. The number of hydrogen-bond donors (Lipinski definition) is 1. The van der Waals surface area contributed by atoms with Crippen LogP contribution < -0.4 is 10.1 Å². The molecule has 0 fully saturated rings. The van der Waals surface area contributed by atoms with E-state index in [4.69, 9.17) is 4.74 Å². The lowest BCUT2D eigenvalue weighted by Gasteiger charge is -2.23. The molecule has 0 radical (unpaired) electrons. The average Bonchev–Trinajstić information content (AvgIpc) is 2.82. The second-order valence-corrected chi connectivity index (χ2v) is 6.97. The SMILES string of the molecule is COC(=O)Nc1ccc(OCC(=O)N(CCc2ccccc2)Cc2ccccc2)cc1. The molecule has 0 aliphatic heterocycles. The fourth-order valence-electron chi connectivity index (χ4n) is 3.04. The molecule has 0 spiro atoms. The Kier molecular flexibility index (Phi) is 8.05. The van der Waals surface area contributed by atoms with Crippen LogP contribution in [0.1, 0.15) is 11.1 Å². The van der Waals surface area contributed by atoms with Gasteiger partial charge in [-0.3, -0.25) is 10.1 Å². The molecule has 0 saturated carbocycles. The van der Waals surface area contributed by atoms with Gasteiger partial charge in [-0.2, -0.15) is 0 Å². The van der Waals surface area contributed by atoms with E-state index in [1.54, 1.807) is 24.3 Å². The molecular formula is C25H26N2O4. The van der Waals surface area contributed by atoms with Crippen LogP contribution in [0.4, 0.5) is 10.5 Å². The van der Waals surface area contributed by atoms with Gasteiger partial charge in [0, 0.05) is 18.8 Å². The van der Waals surface area contributed by atoms with Gasteiger partial charge < -0.3 is 14.4 Å². The number of rotatable bonds is 9. The Morgan fingerprint density at radius 2 is 1.45 bits per heavy atom. The quantitative estimate of drug-likeness (QED) is 0.555. The van der Waals surface area contributed by atoms with E-state index < -0.39 is 6.09 Å². The van der Waals surface area contributed by atoms with Crippen molar-refractivity contribution in [1.29, 1.82) is 0 Å². The number of amides is 2. The molecule has 0 unspecified atom stereocenters. The van der Waals surface area contributed by atoms with Gasteiger partial charge in [0.05, 0.1) is 7.11 Å². The standard InChI is InChI=1S/C25H26N2O4/c1-30-25(29)26-22-12-14-23(15-13-22)31-19-24(28)27(18-21-10-6-3-7-11-21)17-16-20-8-4-2-5-9-20/h2-15H,16-19H2,1H3,(H,26,29). The molecule has 0 aliphatic rings. The van der Waals surface area contributed by atoms with Gasteiger partial charge in [-0.05, 0) is 41.8 Å². The zero-order chi connectivity index (χ0) is 21.9. The van der Waals surface area contributed by atoms with Crippen LogP contribution in [0.5, 0.6) is 5.75 Å². The minimum atomic E-state index is -0.543. The molecule has 160 valence electrons. The normalized spacial score (nSPS) is 10.2. The summed E-state index contributed by atoms with van der Waals surface area (Å²) in [6, 6.07) is 26.8. The van der Waals surface area contributed by atoms with Crippen molar-refractivity contribution in [3.8, 4) is 5.75 Å². The predicted molar refractivity (Wildman–Crippen MR) is 120 cm³/mol. The van der Waals surface area contributed by atoms with Crippen LogP contribution in [-0.2, 0) is 22.5 Å². The number of carbonyl (C=O) groups excluding carboxylic acids is 2. The van der Waals surface area contributed by atoms with Crippen molar-refractivity contribution in [2.45, 2.75) is 13.0 Å². The van der Waals surface area contributed by atoms with E-state index in [0.717, 1.165) is 12.0 Å². The minimum absolute atomic E-state index is 0.0641. The summed E-state index contributed by atoms with van der Waals surface area (Å²) in [4.78, 5) is 26.0. The van der Waals surface area contributed by atoms with E-state index in [-0.39, 0.29) is 12.5 Å². The van der Waals surface area contributed by atoms with Crippen LogP contribution in [0.3, 0.4) is 0 Å². The Bertz CT molecular complexity index is 960. The van der Waals surface area contributed by atoms with Gasteiger partial charge in [-0.25, -0.2) is 4.79 Å². The first-order chi connectivity index (χ1) is 15.1. The Balaban J connectivity index is 1.59. The molecule has 0 bridgehead atoms. The number of anilines is 1. The Hall–Kier alpha value is -3.80. The number of nitrogens with zero attached hydrogens (tertiary/aromatic N) is 1. The molecule has 0 aliphatic carbocycles. The fourth-order valence-corrected chi connectivity index (χ4v) is 3.04. The van der Waals surface area contributed by atoms with Crippen molar-refractivity contribution in [1.82, 2.24) is 4.90 Å². The molecule has 2 amide bonds. The van der Waals surface area contributed by atoms with Crippen molar-refractivity contribution < 1.29 is 19.1 Å². The Labute approximate surface area is 182 Å². The van der Waals surface area contributed by atoms with Crippen molar-refractivity contribution in [3.63, 3.8) is 0 Å². The maximum atomic E-state index is 12.9. The van der Waals surface area contributed by atoms with Gasteiger partial charge in [0.1, 0.15) is 5.75 Å². The van der Waals surface area contributed by atoms with Gasteiger partial charge in [-0.1, -0.05) is 60.7 Å². The monoisotopic (exact) mass is 418 g/mol. The van der Waals surface area contributed by atoms with Crippen molar-refractivity contribution in [2.24, 2.45) is 0 Å². The van der Waals surface area contributed by atoms with Crippen LogP contribution in [0.2, 0.25) is 0 Å². The van der Waals surface area contributed by atoms with Crippen molar-refractivity contribution in [2.75, 3.05) is 25.6 Å². The first kappa shape index (κ1) is 21.9. The molecule has 0 aromatic heterocycles. The summed E-state index contributed by atoms with van der Waals surface area (Å²) in [7, 11) is 1.30. The highest BCUT2D eigenvalue weighted by atomic mass is 16.5. The Morgan fingerprint density at radius 3 is 2.06 bits per heavy atom. The highest BCUT2D eigenvalue weighted by molar-refractivity contribution is 5.84. The number of ether oxygens (including phenoxy) is 2. The Morgan fingerprint density at radius 1 is 0.839 bits per heavy atom. The van der Waals surface area contributed by atoms with E-state index in [2.05, 4.69) is 22.2 Å². The van der Waals surface area contributed by atoms with Crippen LogP contribution in [0.15, 0.2) is 84.9 Å². The maximum absolute atomic E-state index is 12.9. The van der Waals surface area contributed by atoms with Gasteiger partial charge in [0.25, 0.3) is 5.91 Å². The van der Waals surface area contributed by atoms with Crippen LogP contribution in [0, 0.1) is 0 Å². The molecule has 6 nitrogen and oxygen atoms in total. The van der Waals surface area contributed by atoms with E-state index in [1.807, 2.05) is 53.4 Å². The molecule has 0 saturated heterocycles. The highest BCUT2D eigenvalue weighted by Gasteiger charge is 2.15. The summed E-state index contributed by atoms with van der Waals surface area (Å²) in [6.07, 6.45) is 0.228. The van der Waals surface area contributed by atoms with E-state index in [9.17, 15) is 9.59 Å². The van der Waals surface area contributed by atoms with Gasteiger partial charge >= 0.3 is 6.09 Å². The smallest absolute Gasteiger partial charge is 0.411 e. The molecule has 3 aromatic rings.